The van der Waals surface area contributed by atoms with Crippen LogP contribution in [0.1, 0.15) is 39.1 Å². The van der Waals surface area contributed by atoms with Crippen LogP contribution in [0.25, 0.3) is 16.6 Å². The highest BCUT2D eigenvalue weighted by Crippen LogP contribution is 2.30. The SMILES string of the molecule is CCC(c1nc2ccccc2c(=O)n1-c1ccc(F)c(Cl)c1)N(C)C(=O)C(C)(C)CCl. The van der Waals surface area contributed by atoms with Gasteiger partial charge in [-0.05, 0) is 50.6 Å². The number of hydrogen-bond acceptors (Lipinski definition) is 3. The summed E-state index contributed by atoms with van der Waals surface area (Å²) in [7, 11) is 1.67. The van der Waals surface area contributed by atoms with E-state index in [9.17, 15) is 14.0 Å². The van der Waals surface area contributed by atoms with Gasteiger partial charge in [-0.2, -0.15) is 0 Å². The van der Waals surface area contributed by atoms with Crippen molar-refractivity contribution in [3.63, 3.8) is 0 Å². The minimum atomic E-state index is -0.787. The van der Waals surface area contributed by atoms with Gasteiger partial charge in [-0.3, -0.25) is 14.2 Å². The Morgan fingerprint density at radius 2 is 1.94 bits per heavy atom. The molecule has 2 aromatic carbocycles. The highest BCUT2D eigenvalue weighted by molar-refractivity contribution is 6.30. The fourth-order valence-electron chi connectivity index (χ4n) is 3.55. The van der Waals surface area contributed by atoms with Gasteiger partial charge in [0.15, 0.2) is 0 Å². The molecular formula is C23H24Cl2FN3O2. The van der Waals surface area contributed by atoms with E-state index in [-0.39, 0.29) is 22.4 Å². The molecule has 0 spiro atoms. The summed E-state index contributed by atoms with van der Waals surface area (Å²) in [4.78, 5) is 32.9. The molecule has 3 rings (SSSR count). The second kappa shape index (κ2) is 8.97. The first kappa shape index (κ1) is 23.2. The Labute approximate surface area is 190 Å². The van der Waals surface area contributed by atoms with Gasteiger partial charge in [0.1, 0.15) is 11.6 Å². The van der Waals surface area contributed by atoms with Crippen molar-refractivity contribution in [3.8, 4) is 5.69 Å². The molecule has 0 N–H and O–H groups in total. The van der Waals surface area contributed by atoms with Gasteiger partial charge in [-0.25, -0.2) is 9.37 Å². The summed E-state index contributed by atoms with van der Waals surface area (Å²) in [6.45, 7) is 5.45. The lowest BCUT2D eigenvalue weighted by molar-refractivity contribution is -0.140. The molecule has 0 saturated carbocycles. The van der Waals surface area contributed by atoms with Crippen molar-refractivity contribution in [3.05, 3.63) is 69.5 Å². The molecule has 1 atom stereocenters. The number of para-hydroxylation sites is 1. The van der Waals surface area contributed by atoms with E-state index >= 15 is 0 Å². The molecule has 0 saturated heterocycles. The highest BCUT2D eigenvalue weighted by Gasteiger charge is 2.34. The molecule has 1 aromatic heterocycles. The molecule has 0 aliphatic carbocycles. The number of amides is 1. The third-order valence-electron chi connectivity index (χ3n) is 5.35. The summed E-state index contributed by atoms with van der Waals surface area (Å²) < 4.78 is 15.2. The Bertz CT molecular complexity index is 1190. The summed E-state index contributed by atoms with van der Waals surface area (Å²) in [5.41, 5.74) is -0.215. The van der Waals surface area contributed by atoms with E-state index in [0.29, 0.717) is 28.8 Å². The van der Waals surface area contributed by atoms with Crippen molar-refractivity contribution in [1.82, 2.24) is 14.5 Å². The van der Waals surface area contributed by atoms with Crippen molar-refractivity contribution >= 4 is 40.0 Å². The Kier molecular flexibility index (Phi) is 6.72. The molecule has 1 heterocycles. The maximum atomic E-state index is 13.8. The van der Waals surface area contributed by atoms with E-state index in [2.05, 4.69) is 0 Å². The zero-order chi connectivity index (χ0) is 22.9. The van der Waals surface area contributed by atoms with Crippen LogP contribution in [0.3, 0.4) is 0 Å². The van der Waals surface area contributed by atoms with Crippen molar-refractivity contribution in [2.45, 2.75) is 33.2 Å². The molecule has 5 nitrogen and oxygen atoms in total. The predicted octanol–water partition coefficient (Wildman–Crippen LogP) is 5.35. The van der Waals surface area contributed by atoms with E-state index in [1.807, 2.05) is 6.92 Å². The highest BCUT2D eigenvalue weighted by atomic mass is 35.5. The number of carbonyl (C=O) groups excluding carboxylic acids is 1. The molecule has 1 unspecified atom stereocenters. The third kappa shape index (κ3) is 4.32. The standard InChI is InChI=1S/C23H24Cl2FN3O2/c1-5-19(28(4)22(31)23(2,3)13-24)20-27-18-9-7-6-8-15(18)21(30)29(20)14-10-11-17(26)16(25)12-14/h6-12,19H,5,13H2,1-4H3. The number of hydrogen-bond donors (Lipinski definition) is 0. The van der Waals surface area contributed by atoms with Gasteiger partial charge in [0.05, 0.1) is 33.1 Å². The summed E-state index contributed by atoms with van der Waals surface area (Å²) in [6, 6.07) is 10.5. The summed E-state index contributed by atoms with van der Waals surface area (Å²) in [5, 5.41) is 0.306. The summed E-state index contributed by atoms with van der Waals surface area (Å²) in [5.74, 6) is -0.231. The second-order valence-electron chi connectivity index (χ2n) is 8.08. The number of benzene rings is 2. The Morgan fingerprint density at radius 3 is 2.55 bits per heavy atom. The molecule has 1 amide bonds. The van der Waals surface area contributed by atoms with E-state index in [4.69, 9.17) is 28.2 Å². The maximum absolute atomic E-state index is 13.8. The molecule has 8 heteroatoms. The maximum Gasteiger partial charge on any atom is 0.266 e. The second-order valence-corrected chi connectivity index (χ2v) is 8.76. The lowest BCUT2D eigenvalue weighted by Crippen LogP contribution is -2.43. The van der Waals surface area contributed by atoms with Crippen molar-refractivity contribution in [1.29, 1.82) is 0 Å². The van der Waals surface area contributed by atoms with Crippen molar-refractivity contribution in [2.24, 2.45) is 5.41 Å². The minimum Gasteiger partial charge on any atom is -0.335 e. The largest absolute Gasteiger partial charge is 0.335 e. The first-order chi connectivity index (χ1) is 14.6. The Balaban J connectivity index is 2.30. The van der Waals surface area contributed by atoms with Crippen molar-refractivity contribution in [2.75, 3.05) is 12.9 Å². The number of carbonyl (C=O) groups is 1. The van der Waals surface area contributed by atoms with Crippen LogP contribution in [0.2, 0.25) is 5.02 Å². The van der Waals surface area contributed by atoms with Gasteiger partial charge in [-0.15, -0.1) is 11.6 Å². The average molecular weight is 464 g/mol. The quantitative estimate of drug-likeness (QED) is 0.462. The molecule has 3 aromatic rings. The Hall–Kier alpha value is -2.44. The van der Waals surface area contributed by atoms with Crippen LogP contribution in [0, 0.1) is 11.2 Å². The van der Waals surface area contributed by atoms with Gasteiger partial charge in [0.25, 0.3) is 5.56 Å². The number of halogens is 3. The van der Waals surface area contributed by atoms with Gasteiger partial charge in [0, 0.05) is 12.9 Å². The van der Waals surface area contributed by atoms with Crippen LogP contribution in [0.5, 0.6) is 0 Å². The van der Waals surface area contributed by atoms with Gasteiger partial charge < -0.3 is 4.90 Å². The molecule has 164 valence electrons. The molecule has 0 fully saturated rings. The number of fused-ring (bicyclic) bond motifs is 1. The van der Waals surface area contributed by atoms with Crippen LogP contribution in [-0.4, -0.2) is 33.3 Å². The monoisotopic (exact) mass is 463 g/mol. The van der Waals surface area contributed by atoms with Gasteiger partial charge in [0.2, 0.25) is 5.91 Å². The van der Waals surface area contributed by atoms with Gasteiger partial charge >= 0.3 is 0 Å². The van der Waals surface area contributed by atoms with Crippen LogP contribution in [0.15, 0.2) is 47.3 Å². The van der Waals surface area contributed by atoms with Crippen LogP contribution < -0.4 is 5.56 Å². The van der Waals surface area contributed by atoms with Crippen molar-refractivity contribution < 1.29 is 9.18 Å². The predicted molar refractivity (Wildman–Crippen MR) is 123 cm³/mol. The normalized spacial score (nSPS) is 12.7. The third-order valence-corrected chi connectivity index (χ3v) is 6.31. The zero-order valence-electron chi connectivity index (χ0n) is 17.8. The molecule has 0 aliphatic rings. The van der Waals surface area contributed by atoms with E-state index < -0.39 is 17.3 Å². The van der Waals surface area contributed by atoms with Gasteiger partial charge in [-0.1, -0.05) is 30.7 Å². The number of aromatic nitrogens is 2. The summed E-state index contributed by atoms with van der Waals surface area (Å²) >= 11 is 12.0. The molecule has 0 bridgehead atoms. The van der Waals surface area contributed by atoms with E-state index in [1.54, 1.807) is 50.1 Å². The van der Waals surface area contributed by atoms with Crippen LogP contribution in [-0.2, 0) is 4.79 Å². The average Bonchev–Trinajstić information content (AvgIpc) is 2.76. The van der Waals surface area contributed by atoms with Crippen LogP contribution in [0.4, 0.5) is 4.39 Å². The number of rotatable bonds is 6. The molecule has 0 radical (unpaired) electrons. The summed E-state index contributed by atoms with van der Waals surface area (Å²) in [6.07, 6.45) is 0.500. The Morgan fingerprint density at radius 1 is 1.26 bits per heavy atom. The zero-order valence-corrected chi connectivity index (χ0v) is 19.3. The van der Waals surface area contributed by atoms with Crippen LogP contribution >= 0.6 is 23.2 Å². The first-order valence-electron chi connectivity index (χ1n) is 9.92. The van der Waals surface area contributed by atoms with E-state index in [0.717, 1.165) is 0 Å². The first-order valence-corrected chi connectivity index (χ1v) is 10.8. The lowest BCUT2D eigenvalue weighted by Gasteiger charge is -2.34. The molecule has 0 aliphatic heterocycles. The fraction of sp³-hybridized carbons (Fsp3) is 0.348. The number of nitrogens with zero attached hydrogens (tertiary/aromatic N) is 3. The molecular weight excluding hydrogens is 440 g/mol. The van der Waals surface area contributed by atoms with E-state index in [1.165, 1.54) is 22.8 Å². The topological polar surface area (TPSA) is 55.2 Å². The fourth-order valence-corrected chi connectivity index (χ4v) is 3.84. The molecule has 31 heavy (non-hydrogen) atoms. The smallest absolute Gasteiger partial charge is 0.266 e. The minimum absolute atomic E-state index is 0.107. The number of alkyl halides is 1. The lowest BCUT2D eigenvalue weighted by atomic mass is 9.93.